The lowest BCUT2D eigenvalue weighted by atomic mass is 10.2. The first-order chi connectivity index (χ1) is 10.1. The molecule has 0 aliphatic heterocycles. The van der Waals surface area contributed by atoms with E-state index in [1.54, 1.807) is 0 Å². The first-order valence-electron chi connectivity index (χ1n) is 9.06. The number of aliphatic hydroxyl groups is 1. The molecule has 0 aliphatic rings. The normalized spacial score (nSPS) is 15.8. The summed E-state index contributed by atoms with van der Waals surface area (Å²) in [6, 6.07) is 0. The minimum atomic E-state index is -1.75. The summed E-state index contributed by atoms with van der Waals surface area (Å²) in [5.74, 6) is 0. The maximum Gasteiger partial charge on any atom is 0.192 e. The SMILES string of the molecule is CC(C)(C)[Si](C)(C)OCCCCC(O)CO[Si](C)(C)C(C)(C)C. The van der Waals surface area contributed by atoms with Crippen molar-refractivity contribution in [2.45, 2.75) is 103 Å². The highest BCUT2D eigenvalue weighted by Gasteiger charge is 2.38. The second-order valence-electron chi connectivity index (χ2n) is 9.83. The van der Waals surface area contributed by atoms with Gasteiger partial charge in [-0.2, -0.15) is 0 Å². The summed E-state index contributed by atoms with van der Waals surface area (Å²) in [6.07, 6.45) is 2.47. The molecule has 0 fully saturated rings. The van der Waals surface area contributed by atoms with Crippen molar-refractivity contribution >= 4 is 16.6 Å². The highest BCUT2D eigenvalue weighted by molar-refractivity contribution is 6.74. The van der Waals surface area contributed by atoms with Crippen LogP contribution in [0, 0.1) is 0 Å². The summed E-state index contributed by atoms with van der Waals surface area (Å²) in [5.41, 5.74) is 0. The molecule has 0 saturated heterocycles. The van der Waals surface area contributed by atoms with E-state index in [2.05, 4.69) is 67.7 Å². The Hall–Kier alpha value is 0.314. The minimum Gasteiger partial charge on any atom is -0.417 e. The van der Waals surface area contributed by atoms with Crippen molar-refractivity contribution in [2.75, 3.05) is 13.2 Å². The summed E-state index contributed by atoms with van der Waals surface area (Å²) in [5, 5.41) is 10.6. The maximum absolute atomic E-state index is 10.1. The third kappa shape index (κ3) is 8.30. The Morgan fingerprint density at radius 2 is 1.22 bits per heavy atom. The molecular weight excluding hydrogens is 320 g/mol. The molecule has 3 nitrogen and oxygen atoms in total. The van der Waals surface area contributed by atoms with Gasteiger partial charge in [-0.25, -0.2) is 0 Å². The molecule has 0 aromatic heterocycles. The second-order valence-corrected chi connectivity index (χ2v) is 19.4. The molecule has 1 unspecified atom stereocenters. The molecule has 5 heteroatoms. The van der Waals surface area contributed by atoms with Crippen molar-refractivity contribution in [3.05, 3.63) is 0 Å². The molecule has 0 rings (SSSR count). The van der Waals surface area contributed by atoms with Gasteiger partial charge in [0, 0.05) is 6.61 Å². The second kappa shape index (κ2) is 8.61. The quantitative estimate of drug-likeness (QED) is 0.431. The molecule has 0 aliphatic carbocycles. The van der Waals surface area contributed by atoms with Crippen LogP contribution in [0.25, 0.3) is 0 Å². The number of hydrogen-bond acceptors (Lipinski definition) is 3. The molecule has 0 aromatic rings. The van der Waals surface area contributed by atoms with Gasteiger partial charge in [0.05, 0.1) is 12.7 Å². The van der Waals surface area contributed by atoms with Crippen LogP contribution in [-0.2, 0) is 8.85 Å². The zero-order valence-electron chi connectivity index (χ0n) is 17.4. The summed E-state index contributed by atoms with van der Waals surface area (Å²) in [6.45, 7) is 23.8. The molecule has 1 N–H and O–H groups in total. The van der Waals surface area contributed by atoms with Gasteiger partial charge in [-0.15, -0.1) is 0 Å². The standard InChI is InChI=1S/C18H42O3Si2/c1-17(2,3)22(7,8)20-14-12-11-13-16(19)15-21-23(9,10)18(4,5)6/h16,19H,11-15H2,1-10H3. The Morgan fingerprint density at radius 3 is 1.65 bits per heavy atom. The van der Waals surface area contributed by atoms with E-state index in [0.717, 1.165) is 25.9 Å². The third-order valence-electron chi connectivity index (χ3n) is 5.64. The van der Waals surface area contributed by atoms with Crippen molar-refractivity contribution in [3.63, 3.8) is 0 Å². The molecule has 23 heavy (non-hydrogen) atoms. The summed E-state index contributed by atoms with van der Waals surface area (Å²) >= 11 is 0. The van der Waals surface area contributed by atoms with E-state index in [9.17, 15) is 5.11 Å². The molecule has 0 amide bonds. The van der Waals surface area contributed by atoms with Crippen LogP contribution in [0.3, 0.4) is 0 Å². The Bertz CT molecular complexity index is 341. The van der Waals surface area contributed by atoms with E-state index in [1.807, 2.05) is 0 Å². The topological polar surface area (TPSA) is 38.7 Å². The summed E-state index contributed by atoms with van der Waals surface area (Å²) in [7, 11) is -3.37. The fraction of sp³-hybridized carbons (Fsp3) is 1.00. The van der Waals surface area contributed by atoms with Crippen LogP contribution in [0.4, 0.5) is 0 Å². The number of rotatable bonds is 9. The van der Waals surface area contributed by atoms with Gasteiger partial charge in [-0.3, -0.25) is 0 Å². The molecule has 0 heterocycles. The first kappa shape index (κ1) is 23.3. The fourth-order valence-electron chi connectivity index (χ4n) is 1.63. The van der Waals surface area contributed by atoms with Gasteiger partial charge in [0.25, 0.3) is 0 Å². The smallest absolute Gasteiger partial charge is 0.192 e. The van der Waals surface area contributed by atoms with Crippen LogP contribution in [0.2, 0.25) is 36.3 Å². The number of hydrogen-bond donors (Lipinski definition) is 1. The molecule has 0 spiro atoms. The van der Waals surface area contributed by atoms with Crippen molar-refractivity contribution in [1.82, 2.24) is 0 Å². The van der Waals surface area contributed by atoms with E-state index >= 15 is 0 Å². The van der Waals surface area contributed by atoms with Crippen LogP contribution in [-0.4, -0.2) is 41.1 Å². The molecule has 0 aromatic carbocycles. The minimum absolute atomic E-state index is 0.198. The Kier molecular flexibility index (Phi) is 8.73. The highest BCUT2D eigenvalue weighted by Crippen LogP contribution is 2.37. The number of unbranched alkanes of at least 4 members (excludes halogenated alkanes) is 1. The van der Waals surface area contributed by atoms with Crippen molar-refractivity contribution in [2.24, 2.45) is 0 Å². The Labute approximate surface area is 147 Å². The predicted octanol–water partition coefficient (Wildman–Crippen LogP) is 5.56. The van der Waals surface area contributed by atoms with Crippen LogP contribution in [0.1, 0.15) is 60.8 Å². The zero-order valence-corrected chi connectivity index (χ0v) is 19.4. The molecular formula is C18H42O3Si2. The lowest BCUT2D eigenvalue weighted by molar-refractivity contribution is 0.0894. The third-order valence-corrected chi connectivity index (χ3v) is 14.7. The predicted molar refractivity (Wildman–Crippen MR) is 106 cm³/mol. The number of aliphatic hydroxyl groups excluding tert-OH is 1. The zero-order chi connectivity index (χ0) is 18.5. The van der Waals surface area contributed by atoms with Gasteiger partial charge in [0.1, 0.15) is 0 Å². The molecule has 1 atom stereocenters. The first-order valence-corrected chi connectivity index (χ1v) is 14.9. The van der Waals surface area contributed by atoms with E-state index in [1.165, 1.54) is 0 Å². The Morgan fingerprint density at radius 1 is 0.783 bits per heavy atom. The monoisotopic (exact) mass is 362 g/mol. The lowest BCUT2D eigenvalue weighted by Crippen LogP contribution is -2.42. The molecule has 0 bridgehead atoms. The van der Waals surface area contributed by atoms with Gasteiger partial charge in [-0.05, 0) is 55.5 Å². The van der Waals surface area contributed by atoms with Crippen LogP contribution >= 0.6 is 0 Å². The van der Waals surface area contributed by atoms with E-state index in [-0.39, 0.29) is 16.2 Å². The molecule has 0 radical (unpaired) electrons. The summed E-state index contributed by atoms with van der Waals surface area (Å²) < 4.78 is 12.2. The van der Waals surface area contributed by atoms with E-state index < -0.39 is 16.6 Å². The highest BCUT2D eigenvalue weighted by atomic mass is 28.4. The van der Waals surface area contributed by atoms with E-state index in [0.29, 0.717) is 6.61 Å². The van der Waals surface area contributed by atoms with Gasteiger partial charge in [0.15, 0.2) is 16.6 Å². The Balaban J connectivity index is 3.95. The van der Waals surface area contributed by atoms with Crippen LogP contribution in [0.5, 0.6) is 0 Å². The summed E-state index contributed by atoms with van der Waals surface area (Å²) in [4.78, 5) is 0. The van der Waals surface area contributed by atoms with Gasteiger partial charge >= 0.3 is 0 Å². The van der Waals surface area contributed by atoms with Gasteiger partial charge in [-0.1, -0.05) is 41.5 Å². The lowest BCUT2D eigenvalue weighted by Gasteiger charge is -2.37. The van der Waals surface area contributed by atoms with Crippen LogP contribution < -0.4 is 0 Å². The fourth-order valence-corrected chi connectivity index (χ4v) is 3.76. The van der Waals surface area contributed by atoms with Gasteiger partial charge < -0.3 is 14.0 Å². The van der Waals surface area contributed by atoms with Crippen molar-refractivity contribution in [1.29, 1.82) is 0 Å². The van der Waals surface area contributed by atoms with Crippen molar-refractivity contribution in [3.8, 4) is 0 Å². The average molecular weight is 363 g/mol. The van der Waals surface area contributed by atoms with Crippen molar-refractivity contribution < 1.29 is 14.0 Å². The largest absolute Gasteiger partial charge is 0.417 e. The molecule has 140 valence electrons. The van der Waals surface area contributed by atoms with Gasteiger partial charge in [0.2, 0.25) is 0 Å². The average Bonchev–Trinajstić information content (AvgIpc) is 2.33. The van der Waals surface area contributed by atoms with E-state index in [4.69, 9.17) is 8.85 Å². The van der Waals surface area contributed by atoms with Crippen LogP contribution in [0.15, 0.2) is 0 Å². The maximum atomic E-state index is 10.1. The molecule has 0 saturated carbocycles.